The third kappa shape index (κ3) is 3.94. The van der Waals surface area contributed by atoms with Crippen LogP contribution in [0.4, 0.5) is 4.39 Å². The number of benzene rings is 1. The van der Waals surface area contributed by atoms with E-state index >= 15 is 0 Å². The van der Waals surface area contributed by atoms with Crippen LogP contribution in [0.5, 0.6) is 0 Å². The molecule has 0 heterocycles. The molecule has 0 spiro atoms. The van der Waals surface area contributed by atoms with E-state index in [1.165, 1.54) is 12.1 Å². The molecule has 17 heavy (non-hydrogen) atoms. The van der Waals surface area contributed by atoms with Gasteiger partial charge in [0.25, 0.3) is 5.91 Å². The minimum atomic E-state index is -0.460. The van der Waals surface area contributed by atoms with Crippen LogP contribution in [0.15, 0.2) is 18.2 Å². The number of halogens is 2. The molecule has 0 radical (unpaired) electrons. The summed E-state index contributed by atoms with van der Waals surface area (Å²) in [6.07, 6.45) is 0. The highest BCUT2D eigenvalue weighted by atomic mass is 127. The summed E-state index contributed by atoms with van der Waals surface area (Å²) < 4.78 is 14.4. The number of amides is 1. The largest absolute Gasteiger partial charge is 0.348 e. The molecule has 0 bridgehead atoms. The summed E-state index contributed by atoms with van der Waals surface area (Å²) in [5, 5.41) is 2.86. The van der Waals surface area contributed by atoms with Gasteiger partial charge in [0.1, 0.15) is 5.82 Å². The standard InChI is InChI=1S/C13H17FINO/c1-8(2)12(7-15)16-13(17)10-5-4-9(3)6-11(10)14/h4-6,8,12H,7H2,1-3H3,(H,16,17). The van der Waals surface area contributed by atoms with E-state index < -0.39 is 5.82 Å². The quantitative estimate of drug-likeness (QED) is 0.656. The molecule has 0 aliphatic carbocycles. The third-order valence-corrected chi connectivity index (χ3v) is 3.61. The van der Waals surface area contributed by atoms with Gasteiger partial charge in [-0.1, -0.05) is 42.5 Å². The predicted octanol–water partition coefficient (Wildman–Crippen LogP) is 3.32. The Hall–Kier alpha value is -0.650. The summed E-state index contributed by atoms with van der Waals surface area (Å²) in [4.78, 5) is 11.9. The first kappa shape index (κ1) is 14.4. The molecule has 1 unspecified atom stereocenters. The molecular weight excluding hydrogens is 332 g/mol. The zero-order chi connectivity index (χ0) is 13.0. The van der Waals surface area contributed by atoms with Crippen molar-refractivity contribution < 1.29 is 9.18 Å². The van der Waals surface area contributed by atoms with Gasteiger partial charge in [0.05, 0.1) is 5.56 Å². The normalized spacial score (nSPS) is 12.6. The molecule has 2 nitrogen and oxygen atoms in total. The van der Waals surface area contributed by atoms with Crippen molar-refractivity contribution >= 4 is 28.5 Å². The maximum absolute atomic E-state index is 13.6. The average Bonchev–Trinajstić information content (AvgIpc) is 2.24. The van der Waals surface area contributed by atoms with E-state index in [2.05, 4.69) is 27.9 Å². The Morgan fingerprint density at radius 3 is 2.59 bits per heavy atom. The Balaban J connectivity index is 2.82. The smallest absolute Gasteiger partial charge is 0.254 e. The highest BCUT2D eigenvalue weighted by Gasteiger charge is 2.18. The molecule has 0 aromatic heterocycles. The first-order valence-corrected chi connectivity index (χ1v) is 7.11. The second kappa shape index (κ2) is 6.33. The van der Waals surface area contributed by atoms with Gasteiger partial charge in [0, 0.05) is 10.5 Å². The lowest BCUT2D eigenvalue weighted by Gasteiger charge is -2.20. The van der Waals surface area contributed by atoms with Crippen LogP contribution < -0.4 is 5.32 Å². The van der Waals surface area contributed by atoms with Gasteiger partial charge in [-0.2, -0.15) is 0 Å². The fraction of sp³-hybridized carbons (Fsp3) is 0.462. The molecule has 0 aliphatic heterocycles. The number of hydrogen-bond acceptors (Lipinski definition) is 1. The van der Waals surface area contributed by atoms with Crippen LogP contribution >= 0.6 is 22.6 Å². The van der Waals surface area contributed by atoms with Crippen molar-refractivity contribution in [1.29, 1.82) is 0 Å². The Labute approximate surface area is 115 Å². The number of aryl methyl sites for hydroxylation is 1. The highest BCUT2D eigenvalue weighted by molar-refractivity contribution is 14.1. The molecule has 1 amide bonds. The lowest BCUT2D eigenvalue weighted by molar-refractivity contribution is 0.0928. The molecule has 94 valence electrons. The second-order valence-electron chi connectivity index (χ2n) is 4.46. The predicted molar refractivity (Wildman–Crippen MR) is 76.1 cm³/mol. The van der Waals surface area contributed by atoms with Crippen molar-refractivity contribution in [3.05, 3.63) is 35.1 Å². The summed E-state index contributed by atoms with van der Waals surface area (Å²) in [5.41, 5.74) is 0.930. The average molecular weight is 349 g/mol. The molecular formula is C13H17FINO. The van der Waals surface area contributed by atoms with Crippen molar-refractivity contribution in [3.63, 3.8) is 0 Å². The molecule has 1 aromatic rings. The van der Waals surface area contributed by atoms with E-state index in [1.807, 2.05) is 13.8 Å². The van der Waals surface area contributed by atoms with Crippen molar-refractivity contribution in [2.45, 2.75) is 26.8 Å². The van der Waals surface area contributed by atoms with Gasteiger partial charge < -0.3 is 5.32 Å². The number of hydrogen-bond donors (Lipinski definition) is 1. The summed E-state index contributed by atoms with van der Waals surface area (Å²) in [7, 11) is 0. The fourth-order valence-electron chi connectivity index (χ4n) is 1.43. The second-order valence-corrected chi connectivity index (χ2v) is 5.34. The van der Waals surface area contributed by atoms with Gasteiger partial charge in [-0.15, -0.1) is 0 Å². The molecule has 0 saturated heterocycles. The van der Waals surface area contributed by atoms with Gasteiger partial charge in [0.2, 0.25) is 0 Å². The molecule has 1 aromatic carbocycles. The van der Waals surface area contributed by atoms with Crippen LogP contribution in [-0.2, 0) is 0 Å². The van der Waals surface area contributed by atoms with Crippen molar-refractivity contribution in [2.75, 3.05) is 4.43 Å². The first-order chi connectivity index (χ1) is 7.95. The molecule has 0 saturated carbocycles. The van der Waals surface area contributed by atoms with Crippen LogP contribution in [0.2, 0.25) is 0 Å². The fourth-order valence-corrected chi connectivity index (χ4v) is 2.67. The molecule has 1 N–H and O–H groups in total. The molecule has 0 aliphatic rings. The first-order valence-electron chi connectivity index (χ1n) is 5.58. The van der Waals surface area contributed by atoms with Crippen molar-refractivity contribution in [1.82, 2.24) is 5.32 Å². The Morgan fingerprint density at radius 2 is 2.12 bits per heavy atom. The lowest BCUT2D eigenvalue weighted by Crippen LogP contribution is -2.40. The van der Waals surface area contributed by atoms with Crippen LogP contribution in [0, 0.1) is 18.7 Å². The molecule has 1 atom stereocenters. The van der Waals surface area contributed by atoms with E-state index in [0.717, 1.165) is 9.99 Å². The summed E-state index contributed by atoms with van der Waals surface area (Å²) in [6.45, 7) is 5.87. The van der Waals surface area contributed by atoms with E-state index in [-0.39, 0.29) is 17.5 Å². The van der Waals surface area contributed by atoms with Gasteiger partial charge in [-0.05, 0) is 30.5 Å². The minimum Gasteiger partial charge on any atom is -0.348 e. The van der Waals surface area contributed by atoms with Crippen LogP contribution in [0.25, 0.3) is 0 Å². The van der Waals surface area contributed by atoms with Gasteiger partial charge in [-0.25, -0.2) is 4.39 Å². The number of nitrogens with one attached hydrogen (secondary N) is 1. The Bertz CT molecular complexity index is 406. The molecule has 0 fully saturated rings. The number of carbonyl (C=O) groups is 1. The van der Waals surface area contributed by atoms with E-state index in [1.54, 1.807) is 13.0 Å². The van der Waals surface area contributed by atoms with Gasteiger partial charge in [0.15, 0.2) is 0 Å². The minimum absolute atomic E-state index is 0.0730. The van der Waals surface area contributed by atoms with E-state index in [0.29, 0.717) is 5.92 Å². The lowest BCUT2D eigenvalue weighted by atomic mass is 10.1. The number of rotatable bonds is 4. The van der Waals surface area contributed by atoms with Crippen molar-refractivity contribution in [2.24, 2.45) is 5.92 Å². The zero-order valence-electron chi connectivity index (χ0n) is 10.3. The van der Waals surface area contributed by atoms with E-state index in [4.69, 9.17) is 0 Å². The Morgan fingerprint density at radius 1 is 1.47 bits per heavy atom. The number of alkyl halides is 1. The van der Waals surface area contributed by atoms with Gasteiger partial charge in [-0.3, -0.25) is 4.79 Å². The third-order valence-electron chi connectivity index (χ3n) is 2.66. The van der Waals surface area contributed by atoms with Crippen molar-refractivity contribution in [3.8, 4) is 0 Å². The van der Waals surface area contributed by atoms with E-state index in [9.17, 15) is 9.18 Å². The van der Waals surface area contributed by atoms with Crippen LogP contribution in [0.1, 0.15) is 29.8 Å². The Kier molecular flexibility index (Phi) is 5.36. The molecule has 4 heteroatoms. The number of carbonyl (C=O) groups excluding carboxylic acids is 1. The maximum atomic E-state index is 13.6. The highest BCUT2D eigenvalue weighted by Crippen LogP contribution is 2.12. The monoisotopic (exact) mass is 349 g/mol. The zero-order valence-corrected chi connectivity index (χ0v) is 12.4. The maximum Gasteiger partial charge on any atom is 0.254 e. The van der Waals surface area contributed by atoms with Crippen LogP contribution in [0.3, 0.4) is 0 Å². The summed E-state index contributed by atoms with van der Waals surface area (Å²) in [5.74, 6) is -0.458. The summed E-state index contributed by atoms with van der Waals surface area (Å²) in [6, 6.07) is 4.73. The summed E-state index contributed by atoms with van der Waals surface area (Å²) >= 11 is 2.22. The SMILES string of the molecule is Cc1ccc(C(=O)NC(CI)C(C)C)c(F)c1. The molecule has 1 rings (SSSR count). The topological polar surface area (TPSA) is 29.1 Å². The van der Waals surface area contributed by atoms with Gasteiger partial charge >= 0.3 is 0 Å². The van der Waals surface area contributed by atoms with Crippen LogP contribution in [-0.4, -0.2) is 16.4 Å².